The van der Waals surface area contributed by atoms with Gasteiger partial charge in [0.05, 0.1) is 6.04 Å². The molecule has 14 heavy (non-hydrogen) atoms. The van der Waals surface area contributed by atoms with E-state index < -0.39 is 5.91 Å². The average molecular weight is 214 g/mol. The lowest BCUT2D eigenvalue weighted by molar-refractivity contribution is 0.0987. The van der Waals surface area contributed by atoms with Gasteiger partial charge in [-0.3, -0.25) is 4.79 Å². The van der Waals surface area contributed by atoms with Gasteiger partial charge in [-0.15, -0.1) is 0 Å². The SMILES string of the molecule is NC(=O)c1noc(C2CSCCN2)n1. The minimum atomic E-state index is -0.663. The number of nitrogens with two attached hydrogens (primary N) is 1. The van der Waals surface area contributed by atoms with Crippen LogP contribution < -0.4 is 11.1 Å². The minimum absolute atomic E-state index is 0.0364. The van der Waals surface area contributed by atoms with Crippen molar-refractivity contribution in [1.29, 1.82) is 0 Å². The number of amides is 1. The number of primary amides is 1. The Morgan fingerprint density at radius 3 is 3.14 bits per heavy atom. The Hall–Kier alpha value is -1.08. The molecule has 0 bridgehead atoms. The van der Waals surface area contributed by atoms with Crippen molar-refractivity contribution in [1.82, 2.24) is 15.5 Å². The third kappa shape index (κ3) is 1.88. The molecule has 1 amide bonds. The van der Waals surface area contributed by atoms with Crippen molar-refractivity contribution in [2.24, 2.45) is 5.73 Å². The maximum absolute atomic E-state index is 10.7. The van der Waals surface area contributed by atoms with Gasteiger partial charge in [0.1, 0.15) is 0 Å². The molecular formula is C7H10N4O2S. The van der Waals surface area contributed by atoms with Gasteiger partial charge in [-0.1, -0.05) is 5.16 Å². The number of aromatic nitrogens is 2. The number of nitrogens with one attached hydrogen (secondary N) is 1. The second-order valence-corrected chi connectivity index (χ2v) is 4.05. The van der Waals surface area contributed by atoms with Gasteiger partial charge < -0.3 is 15.6 Å². The molecule has 1 atom stereocenters. The smallest absolute Gasteiger partial charge is 0.290 e. The van der Waals surface area contributed by atoms with E-state index in [-0.39, 0.29) is 11.9 Å². The van der Waals surface area contributed by atoms with Crippen molar-refractivity contribution in [3.63, 3.8) is 0 Å². The zero-order valence-corrected chi connectivity index (χ0v) is 8.21. The highest BCUT2D eigenvalue weighted by molar-refractivity contribution is 7.99. The molecule has 1 aliphatic heterocycles. The summed E-state index contributed by atoms with van der Waals surface area (Å²) >= 11 is 1.81. The van der Waals surface area contributed by atoms with Gasteiger partial charge in [0.2, 0.25) is 5.89 Å². The lowest BCUT2D eigenvalue weighted by Crippen LogP contribution is -2.30. The summed E-state index contributed by atoms with van der Waals surface area (Å²) in [6.45, 7) is 0.906. The molecule has 76 valence electrons. The van der Waals surface area contributed by atoms with Gasteiger partial charge in [-0.05, 0) is 0 Å². The fourth-order valence-corrected chi connectivity index (χ4v) is 2.13. The van der Waals surface area contributed by atoms with Crippen LogP contribution in [0.25, 0.3) is 0 Å². The number of hydrogen-bond donors (Lipinski definition) is 2. The molecule has 0 spiro atoms. The van der Waals surface area contributed by atoms with E-state index in [1.54, 1.807) is 0 Å². The molecule has 1 aromatic heterocycles. The first kappa shape index (κ1) is 9.47. The zero-order valence-electron chi connectivity index (χ0n) is 7.40. The van der Waals surface area contributed by atoms with E-state index in [1.165, 1.54) is 0 Å². The summed E-state index contributed by atoms with van der Waals surface area (Å²) in [5.41, 5.74) is 5.01. The predicted molar refractivity (Wildman–Crippen MR) is 50.9 cm³/mol. The molecule has 0 aliphatic carbocycles. The molecule has 6 nitrogen and oxygen atoms in total. The molecule has 0 aromatic carbocycles. The van der Waals surface area contributed by atoms with Gasteiger partial charge in [0, 0.05) is 18.1 Å². The average Bonchev–Trinajstić information content (AvgIpc) is 2.68. The summed E-state index contributed by atoms with van der Waals surface area (Å²) in [4.78, 5) is 14.6. The van der Waals surface area contributed by atoms with Crippen LogP contribution in [0, 0.1) is 0 Å². The van der Waals surface area contributed by atoms with Crippen LogP contribution in [0.5, 0.6) is 0 Å². The molecule has 1 aromatic rings. The van der Waals surface area contributed by atoms with Crippen molar-refractivity contribution in [3.05, 3.63) is 11.7 Å². The summed E-state index contributed by atoms with van der Waals surface area (Å²) in [5.74, 6) is 1.67. The molecule has 1 unspecified atom stereocenters. The summed E-state index contributed by atoms with van der Waals surface area (Å²) < 4.78 is 4.93. The number of carbonyl (C=O) groups excluding carboxylic acids is 1. The maximum atomic E-state index is 10.7. The Bertz CT molecular complexity index is 334. The first-order chi connectivity index (χ1) is 6.77. The van der Waals surface area contributed by atoms with Crippen LogP contribution in [0.2, 0.25) is 0 Å². The Morgan fingerprint density at radius 1 is 1.71 bits per heavy atom. The second-order valence-electron chi connectivity index (χ2n) is 2.90. The quantitative estimate of drug-likeness (QED) is 0.692. The maximum Gasteiger partial charge on any atom is 0.290 e. The Kier molecular flexibility index (Phi) is 2.69. The Labute approximate surface area is 84.6 Å². The third-order valence-corrected chi connectivity index (χ3v) is 2.94. The summed E-state index contributed by atoms with van der Waals surface area (Å²) in [7, 11) is 0. The molecule has 0 radical (unpaired) electrons. The monoisotopic (exact) mass is 214 g/mol. The highest BCUT2D eigenvalue weighted by atomic mass is 32.2. The molecule has 3 N–H and O–H groups in total. The van der Waals surface area contributed by atoms with Crippen molar-refractivity contribution < 1.29 is 9.32 Å². The van der Waals surface area contributed by atoms with E-state index in [9.17, 15) is 4.79 Å². The fourth-order valence-electron chi connectivity index (χ4n) is 1.20. The van der Waals surface area contributed by atoms with Crippen LogP contribution in [0.3, 0.4) is 0 Å². The number of carbonyl (C=O) groups is 1. The number of rotatable bonds is 2. The Morgan fingerprint density at radius 2 is 2.57 bits per heavy atom. The number of hydrogen-bond acceptors (Lipinski definition) is 6. The first-order valence-electron chi connectivity index (χ1n) is 4.22. The van der Waals surface area contributed by atoms with E-state index in [0.717, 1.165) is 18.1 Å². The molecule has 7 heteroatoms. The van der Waals surface area contributed by atoms with Crippen LogP contribution in [0.15, 0.2) is 4.52 Å². The third-order valence-electron chi connectivity index (χ3n) is 1.88. The van der Waals surface area contributed by atoms with E-state index in [2.05, 4.69) is 15.5 Å². The standard InChI is InChI=1S/C7H10N4O2S/c8-5(12)6-10-7(13-11-6)4-3-14-2-1-9-4/h4,9H,1-3H2,(H2,8,12). The molecule has 0 saturated carbocycles. The van der Waals surface area contributed by atoms with Gasteiger partial charge in [-0.2, -0.15) is 16.7 Å². The topological polar surface area (TPSA) is 94.0 Å². The highest BCUT2D eigenvalue weighted by Gasteiger charge is 2.22. The Balaban J connectivity index is 2.11. The number of nitrogens with zero attached hydrogens (tertiary/aromatic N) is 2. The van der Waals surface area contributed by atoms with Crippen molar-refractivity contribution in [2.75, 3.05) is 18.1 Å². The van der Waals surface area contributed by atoms with Crippen LogP contribution >= 0.6 is 11.8 Å². The highest BCUT2D eigenvalue weighted by Crippen LogP contribution is 2.19. The summed E-state index contributed by atoms with van der Waals surface area (Å²) in [6.07, 6.45) is 0. The van der Waals surface area contributed by atoms with Crippen LogP contribution in [0.4, 0.5) is 0 Å². The molecular weight excluding hydrogens is 204 g/mol. The normalized spacial score (nSPS) is 22.1. The lowest BCUT2D eigenvalue weighted by atomic mass is 10.3. The first-order valence-corrected chi connectivity index (χ1v) is 5.37. The molecule has 1 saturated heterocycles. The largest absolute Gasteiger partial charge is 0.363 e. The van der Waals surface area contributed by atoms with Crippen LogP contribution in [0.1, 0.15) is 22.6 Å². The minimum Gasteiger partial charge on any atom is -0.363 e. The van der Waals surface area contributed by atoms with Crippen molar-refractivity contribution >= 4 is 17.7 Å². The van der Waals surface area contributed by atoms with E-state index in [0.29, 0.717) is 5.89 Å². The molecule has 1 fully saturated rings. The van der Waals surface area contributed by atoms with Gasteiger partial charge >= 0.3 is 0 Å². The van der Waals surface area contributed by atoms with Crippen LogP contribution in [-0.4, -0.2) is 34.1 Å². The van der Waals surface area contributed by atoms with Crippen LogP contribution in [-0.2, 0) is 0 Å². The second kappa shape index (κ2) is 3.97. The van der Waals surface area contributed by atoms with Crippen molar-refractivity contribution in [2.45, 2.75) is 6.04 Å². The number of thioether (sulfide) groups is 1. The summed E-state index contributed by atoms with van der Waals surface area (Å²) in [6, 6.07) is 0.0364. The molecule has 2 heterocycles. The predicted octanol–water partition coefficient (Wildman–Crippen LogP) is -0.454. The fraction of sp³-hybridized carbons (Fsp3) is 0.571. The van der Waals surface area contributed by atoms with E-state index in [4.69, 9.17) is 10.3 Å². The zero-order chi connectivity index (χ0) is 9.97. The molecule has 1 aliphatic rings. The van der Waals surface area contributed by atoms with E-state index >= 15 is 0 Å². The lowest BCUT2D eigenvalue weighted by Gasteiger charge is -2.19. The van der Waals surface area contributed by atoms with Gasteiger partial charge in [-0.25, -0.2) is 0 Å². The van der Waals surface area contributed by atoms with Gasteiger partial charge in [0.15, 0.2) is 0 Å². The van der Waals surface area contributed by atoms with E-state index in [1.807, 2.05) is 11.8 Å². The molecule has 2 rings (SSSR count). The van der Waals surface area contributed by atoms with Crippen molar-refractivity contribution in [3.8, 4) is 0 Å². The van der Waals surface area contributed by atoms with Gasteiger partial charge in [0.25, 0.3) is 11.7 Å². The summed E-state index contributed by atoms with van der Waals surface area (Å²) in [5, 5.41) is 6.70.